The van der Waals surface area contributed by atoms with Crippen LogP contribution in [0.15, 0.2) is 47.2 Å². The van der Waals surface area contributed by atoms with Gasteiger partial charge in [-0.25, -0.2) is 0 Å². The number of nitro benzene ring substituents is 1. The number of nitrogens with one attached hydrogen (secondary N) is 1. The molecule has 5 nitrogen and oxygen atoms in total. The van der Waals surface area contributed by atoms with E-state index >= 15 is 0 Å². The van der Waals surface area contributed by atoms with Crippen LogP contribution in [0.2, 0.25) is 0 Å². The Morgan fingerprint density at radius 3 is 2.70 bits per heavy atom. The molecule has 20 heavy (non-hydrogen) atoms. The lowest BCUT2D eigenvalue weighted by Gasteiger charge is -2.14. The Morgan fingerprint density at radius 2 is 2.05 bits per heavy atom. The van der Waals surface area contributed by atoms with E-state index < -0.39 is 0 Å². The molecular formula is C14H14BrN3O2. The van der Waals surface area contributed by atoms with E-state index in [1.54, 1.807) is 18.5 Å². The van der Waals surface area contributed by atoms with Gasteiger partial charge in [0.2, 0.25) is 0 Å². The van der Waals surface area contributed by atoms with Crippen molar-refractivity contribution in [2.75, 3.05) is 0 Å². The summed E-state index contributed by atoms with van der Waals surface area (Å²) in [6.07, 6.45) is 3.49. The van der Waals surface area contributed by atoms with Crippen LogP contribution >= 0.6 is 15.9 Å². The molecule has 0 saturated heterocycles. The van der Waals surface area contributed by atoms with Crippen molar-refractivity contribution in [2.45, 2.75) is 19.5 Å². The van der Waals surface area contributed by atoms with Crippen molar-refractivity contribution in [2.24, 2.45) is 0 Å². The molecule has 0 spiro atoms. The number of rotatable bonds is 5. The molecule has 1 aromatic heterocycles. The first-order chi connectivity index (χ1) is 9.59. The second kappa shape index (κ2) is 6.58. The fourth-order valence-corrected chi connectivity index (χ4v) is 2.43. The molecule has 0 saturated carbocycles. The smallest absolute Gasteiger partial charge is 0.283 e. The van der Waals surface area contributed by atoms with Crippen LogP contribution in [0.1, 0.15) is 24.1 Å². The van der Waals surface area contributed by atoms with E-state index in [-0.39, 0.29) is 16.7 Å². The Bertz CT molecular complexity index is 605. The summed E-state index contributed by atoms with van der Waals surface area (Å²) >= 11 is 3.30. The van der Waals surface area contributed by atoms with Crippen molar-refractivity contribution in [3.8, 4) is 0 Å². The van der Waals surface area contributed by atoms with Gasteiger partial charge in [-0.3, -0.25) is 15.1 Å². The van der Waals surface area contributed by atoms with Gasteiger partial charge in [0.15, 0.2) is 0 Å². The molecule has 1 heterocycles. The van der Waals surface area contributed by atoms with Crippen LogP contribution in [-0.4, -0.2) is 9.91 Å². The van der Waals surface area contributed by atoms with Gasteiger partial charge in [0.1, 0.15) is 0 Å². The number of hydrogen-bond acceptors (Lipinski definition) is 4. The van der Waals surface area contributed by atoms with Crippen LogP contribution in [0, 0.1) is 10.1 Å². The van der Waals surface area contributed by atoms with E-state index in [1.165, 1.54) is 6.07 Å². The Hall–Kier alpha value is -1.79. The lowest BCUT2D eigenvalue weighted by Crippen LogP contribution is -2.18. The van der Waals surface area contributed by atoms with Crippen LogP contribution in [0.4, 0.5) is 5.69 Å². The summed E-state index contributed by atoms with van der Waals surface area (Å²) in [7, 11) is 0. The predicted octanol–water partition coefficient (Wildman–Crippen LogP) is 3.60. The standard InChI is InChI=1S/C14H14BrN3O2/c1-10(11-5-7-16-8-6-11)17-9-12-3-2-4-13(14(12)15)18(19)20/h2-8,10,17H,9H2,1H3. The molecular weight excluding hydrogens is 322 g/mol. The fraction of sp³-hybridized carbons (Fsp3) is 0.214. The number of halogens is 1. The molecule has 0 amide bonds. The molecule has 1 aromatic carbocycles. The van der Waals surface area contributed by atoms with Crippen molar-refractivity contribution in [1.82, 2.24) is 10.3 Å². The van der Waals surface area contributed by atoms with Gasteiger partial charge in [-0.1, -0.05) is 12.1 Å². The van der Waals surface area contributed by atoms with E-state index in [0.717, 1.165) is 11.1 Å². The first kappa shape index (κ1) is 14.6. The maximum atomic E-state index is 10.9. The van der Waals surface area contributed by atoms with E-state index in [4.69, 9.17) is 0 Å². The van der Waals surface area contributed by atoms with Crippen LogP contribution in [0.3, 0.4) is 0 Å². The molecule has 0 radical (unpaired) electrons. The van der Waals surface area contributed by atoms with Crippen LogP contribution in [0.5, 0.6) is 0 Å². The van der Waals surface area contributed by atoms with Gasteiger partial charge in [0.25, 0.3) is 5.69 Å². The average Bonchev–Trinajstić information content (AvgIpc) is 2.46. The number of aromatic nitrogens is 1. The van der Waals surface area contributed by atoms with Gasteiger partial charge in [0.05, 0.1) is 9.40 Å². The highest BCUT2D eigenvalue weighted by Gasteiger charge is 2.15. The van der Waals surface area contributed by atoms with E-state index in [9.17, 15) is 10.1 Å². The third kappa shape index (κ3) is 3.40. The zero-order valence-electron chi connectivity index (χ0n) is 10.9. The summed E-state index contributed by atoms with van der Waals surface area (Å²) in [5.41, 5.74) is 2.07. The number of nitro groups is 1. The maximum absolute atomic E-state index is 10.9. The third-order valence-corrected chi connectivity index (χ3v) is 3.98. The molecule has 104 valence electrons. The molecule has 0 aliphatic rings. The van der Waals surface area contributed by atoms with E-state index in [1.807, 2.05) is 25.1 Å². The molecule has 6 heteroatoms. The lowest BCUT2D eigenvalue weighted by atomic mass is 10.1. The Morgan fingerprint density at radius 1 is 1.35 bits per heavy atom. The Balaban J connectivity index is 2.08. The summed E-state index contributed by atoms with van der Waals surface area (Å²) < 4.78 is 0.527. The molecule has 2 rings (SSSR count). The quantitative estimate of drug-likeness (QED) is 0.669. The number of nitrogens with zero attached hydrogens (tertiary/aromatic N) is 2. The Kier molecular flexibility index (Phi) is 4.81. The molecule has 1 N–H and O–H groups in total. The van der Waals surface area contributed by atoms with Gasteiger partial charge >= 0.3 is 0 Å². The summed E-state index contributed by atoms with van der Waals surface area (Å²) in [5.74, 6) is 0. The number of pyridine rings is 1. The zero-order valence-corrected chi connectivity index (χ0v) is 12.5. The number of benzene rings is 1. The molecule has 2 aromatic rings. The topological polar surface area (TPSA) is 68.1 Å². The highest BCUT2D eigenvalue weighted by Crippen LogP contribution is 2.28. The second-order valence-electron chi connectivity index (χ2n) is 4.39. The first-order valence-electron chi connectivity index (χ1n) is 6.14. The summed E-state index contributed by atoms with van der Waals surface area (Å²) in [6.45, 7) is 2.59. The molecule has 0 aliphatic heterocycles. The molecule has 0 bridgehead atoms. The van der Waals surface area contributed by atoms with E-state index in [2.05, 4.69) is 26.2 Å². The highest BCUT2D eigenvalue weighted by molar-refractivity contribution is 9.10. The van der Waals surface area contributed by atoms with Crippen molar-refractivity contribution < 1.29 is 4.92 Å². The van der Waals surface area contributed by atoms with Gasteiger partial charge in [0, 0.05) is 31.0 Å². The minimum Gasteiger partial charge on any atom is -0.306 e. The summed E-state index contributed by atoms with van der Waals surface area (Å²) in [6, 6.07) is 9.07. The third-order valence-electron chi connectivity index (χ3n) is 3.06. The summed E-state index contributed by atoms with van der Waals surface area (Å²) in [5, 5.41) is 14.2. The molecule has 0 aliphatic carbocycles. The fourth-order valence-electron chi connectivity index (χ4n) is 1.88. The zero-order chi connectivity index (χ0) is 14.5. The normalized spacial score (nSPS) is 12.1. The monoisotopic (exact) mass is 335 g/mol. The molecule has 1 unspecified atom stereocenters. The lowest BCUT2D eigenvalue weighted by molar-refractivity contribution is -0.385. The van der Waals surface area contributed by atoms with Gasteiger partial charge in [-0.2, -0.15) is 0 Å². The first-order valence-corrected chi connectivity index (χ1v) is 6.94. The predicted molar refractivity (Wildman–Crippen MR) is 80.3 cm³/mol. The van der Waals surface area contributed by atoms with Gasteiger partial charge in [-0.05, 0) is 46.1 Å². The Labute approximate surface area is 125 Å². The average molecular weight is 336 g/mol. The summed E-state index contributed by atoms with van der Waals surface area (Å²) in [4.78, 5) is 14.5. The van der Waals surface area contributed by atoms with Crippen molar-refractivity contribution >= 4 is 21.6 Å². The van der Waals surface area contributed by atoms with Crippen molar-refractivity contribution in [3.63, 3.8) is 0 Å². The minimum atomic E-state index is -0.389. The maximum Gasteiger partial charge on any atom is 0.283 e. The van der Waals surface area contributed by atoms with Crippen LogP contribution in [-0.2, 0) is 6.54 Å². The van der Waals surface area contributed by atoms with Crippen LogP contribution in [0.25, 0.3) is 0 Å². The van der Waals surface area contributed by atoms with Crippen molar-refractivity contribution in [1.29, 1.82) is 0 Å². The largest absolute Gasteiger partial charge is 0.306 e. The molecule has 0 fully saturated rings. The van der Waals surface area contributed by atoms with E-state index in [0.29, 0.717) is 11.0 Å². The van der Waals surface area contributed by atoms with Gasteiger partial charge < -0.3 is 5.32 Å². The highest BCUT2D eigenvalue weighted by atomic mass is 79.9. The molecule has 1 atom stereocenters. The van der Waals surface area contributed by atoms with Gasteiger partial charge in [-0.15, -0.1) is 0 Å². The van der Waals surface area contributed by atoms with Crippen molar-refractivity contribution in [3.05, 3.63) is 68.4 Å². The second-order valence-corrected chi connectivity index (χ2v) is 5.18. The SMILES string of the molecule is CC(NCc1cccc([N+](=O)[O-])c1Br)c1ccncc1. The minimum absolute atomic E-state index is 0.0841. The number of hydrogen-bond donors (Lipinski definition) is 1. The van der Waals surface area contributed by atoms with Crippen LogP contribution < -0.4 is 5.32 Å².